The second-order valence-electron chi connectivity index (χ2n) is 11.8. The van der Waals surface area contributed by atoms with Crippen LogP contribution in [0.2, 0.25) is 0 Å². The number of benzene rings is 4. The van der Waals surface area contributed by atoms with E-state index in [9.17, 15) is 5.11 Å². The van der Waals surface area contributed by atoms with Gasteiger partial charge in [0.15, 0.2) is 11.5 Å². The molecule has 1 N–H and O–H groups in total. The molecule has 6 rings (SSSR count). The molecule has 2 heterocycles. The van der Waals surface area contributed by atoms with Gasteiger partial charge in [-0.2, -0.15) is 0 Å². The first kappa shape index (κ1) is 32.3. The number of aromatic hydroxyl groups is 1. The van der Waals surface area contributed by atoms with Crippen LogP contribution in [0.3, 0.4) is 0 Å². The molecule has 4 aromatic carbocycles. The Morgan fingerprint density at radius 2 is 1.30 bits per heavy atom. The third-order valence-corrected chi connectivity index (χ3v) is 15.4. The second kappa shape index (κ2) is 14.0. The number of rotatable bonds is 10. The Balaban J connectivity index is 1.18. The number of phenols is 1. The zero-order chi connectivity index (χ0) is 32.4. The molecule has 2 aliphatic rings. The van der Waals surface area contributed by atoms with Gasteiger partial charge >= 0.3 is 208 Å². The molecule has 0 fully saturated rings. The molecule has 1 unspecified atom stereocenters. The monoisotopic (exact) mass is 738 g/mol. The van der Waals surface area contributed by atoms with Gasteiger partial charge in [0.2, 0.25) is 0 Å². The number of ether oxygens (including phenoxy) is 5. The summed E-state index contributed by atoms with van der Waals surface area (Å²) < 4.78 is 33.5. The number of phenolic OH excluding ortho intramolecular Hbond substituents is 1. The Kier molecular flexibility index (Phi) is 9.81. The van der Waals surface area contributed by atoms with Crippen molar-refractivity contribution in [3.05, 3.63) is 98.1 Å². The van der Waals surface area contributed by atoms with Gasteiger partial charge in [0.25, 0.3) is 0 Å². The third kappa shape index (κ3) is 6.59. The second-order valence-corrected chi connectivity index (χ2v) is 17.3. The van der Waals surface area contributed by atoms with Gasteiger partial charge in [-0.15, -0.1) is 0 Å². The fourth-order valence-electron chi connectivity index (χ4n) is 6.33. The average molecular weight is 739 g/mol. The van der Waals surface area contributed by atoms with E-state index < -0.39 is 20.1 Å². The van der Waals surface area contributed by atoms with Crippen molar-refractivity contribution in [1.82, 2.24) is 8.01 Å². The van der Waals surface area contributed by atoms with Crippen molar-refractivity contribution in [3.63, 3.8) is 0 Å². The van der Waals surface area contributed by atoms with Crippen LogP contribution in [0, 0.1) is 3.57 Å². The minimum atomic E-state index is -1.78. The SMILES string of the molecule is COc1cc2c(cc1OC)C(Cc1ccc(Oc3cc(CI4c5cc(OC)c(OC)cc5CCN4C)ccc3O)cc1)N(C)CC2. The topological polar surface area (TPSA) is 72.9 Å². The van der Waals surface area contributed by atoms with Crippen LogP contribution in [-0.2, 0) is 23.7 Å². The summed E-state index contributed by atoms with van der Waals surface area (Å²) in [5.41, 5.74) is 6.29. The summed E-state index contributed by atoms with van der Waals surface area (Å²) in [6.45, 7) is 2.00. The summed E-state index contributed by atoms with van der Waals surface area (Å²) in [6, 6.07) is 22.7. The molecular weight excluding hydrogens is 695 g/mol. The normalized spacial score (nSPS) is 17.2. The number of halogens is 1. The molecule has 9 heteroatoms. The first-order valence-corrected chi connectivity index (χ1v) is 19.0. The number of hydrogen-bond donors (Lipinski definition) is 1. The van der Waals surface area contributed by atoms with Crippen LogP contribution in [0.1, 0.15) is 33.9 Å². The van der Waals surface area contributed by atoms with Crippen LogP contribution >= 0.6 is 20.1 Å². The maximum atomic E-state index is 10.7. The molecule has 0 spiro atoms. The van der Waals surface area contributed by atoms with Crippen molar-refractivity contribution < 1.29 is 28.8 Å². The third-order valence-electron chi connectivity index (χ3n) is 8.98. The van der Waals surface area contributed by atoms with Gasteiger partial charge in [-0.1, -0.05) is 0 Å². The van der Waals surface area contributed by atoms with Crippen molar-refractivity contribution in [1.29, 1.82) is 0 Å². The van der Waals surface area contributed by atoms with Crippen molar-refractivity contribution in [2.45, 2.75) is 29.7 Å². The van der Waals surface area contributed by atoms with Crippen molar-refractivity contribution in [2.75, 3.05) is 55.6 Å². The Bertz CT molecular complexity index is 1690. The quantitative estimate of drug-likeness (QED) is 0.104. The Morgan fingerprint density at radius 1 is 0.696 bits per heavy atom. The predicted molar refractivity (Wildman–Crippen MR) is 189 cm³/mol. The molecule has 46 heavy (non-hydrogen) atoms. The van der Waals surface area contributed by atoms with Crippen LogP contribution in [0.15, 0.2) is 66.7 Å². The summed E-state index contributed by atoms with van der Waals surface area (Å²) in [5.74, 6) is 4.38. The Labute approximate surface area is 279 Å². The minimum absolute atomic E-state index is 0.130. The standard InChI is InChI=1S/C37H43IN2O6/c1-39-15-13-26-19-34(42-3)36(44-5)21-29(26)31(39)17-24-7-10-28(11-8-24)46-33-18-25(9-12-32(33)41)23-38-30-22-37(45-6)35(43-4)20-27(30)14-16-40(38)2/h7-12,18-22,31,41H,13-17,23H2,1-6H3. The summed E-state index contributed by atoms with van der Waals surface area (Å²) in [6.07, 6.45) is 2.83. The number of alkyl halides is 1. The number of likely N-dealkylation sites (N-methyl/N-ethyl adjacent to an activating group) is 2. The molecule has 4 aromatic rings. The molecular formula is C37H43IN2O6. The van der Waals surface area contributed by atoms with Gasteiger partial charge in [-0.05, 0) is 31.2 Å². The van der Waals surface area contributed by atoms with Crippen molar-refractivity contribution in [3.8, 4) is 40.2 Å². The van der Waals surface area contributed by atoms with E-state index in [1.54, 1.807) is 34.5 Å². The molecule has 1 atom stereocenters. The minimum Gasteiger partial charge on any atom is -0.0146 e. The van der Waals surface area contributed by atoms with E-state index in [-0.39, 0.29) is 11.8 Å². The van der Waals surface area contributed by atoms with Crippen LogP contribution in [0.25, 0.3) is 0 Å². The van der Waals surface area contributed by atoms with Crippen LogP contribution < -0.4 is 23.7 Å². The van der Waals surface area contributed by atoms with Gasteiger partial charge < -0.3 is 9.47 Å². The van der Waals surface area contributed by atoms with Crippen LogP contribution in [-0.4, -0.2) is 68.7 Å². The number of nitrogens with zero attached hydrogens (tertiary/aromatic N) is 2. The molecule has 0 amide bonds. The summed E-state index contributed by atoms with van der Waals surface area (Å²) in [4.78, 5) is 2.40. The summed E-state index contributed by atoms with van der Waals surface area (Å²) >= 11 is -1.78. The molecule has 0 saturated heterocycles. The predicted octanol–water partition coefficient (Wildman–Crippen LogP) is 7.27. The van der Waals surface area contributed by atoms with Gasteiger partial charge in [-0.25, -0.2) is 0 Å². The molecule has 8 nitrogen and oxygen atoms in total. The fourth-order valence-corrected chi connectivity index (χ4v) is 12.2. The van der Waals surface area contributed by atoms with Gasteiger partial charge in [0, 0.05) is 6.54 Å². The smallest absolute Gasteiger partial charge is 0.0146 e. The van der Waals surface area contributed by atoms with Crippen molar-refractivity contribution >= 4 is 20.1 Å². The summed E-state index contributed by atoms with van der Waals surface area (Å²) in [5, 5.41) is 10.7. The molecule has 0 bridgehead atoms. The van der Waals surface area contributed by atoms with E-state index in [0.29, 0.717) is 11.5 Å². The first-order chi connectivity index (χ1) is 22.3. The van der Waals surface area contributed by atoms with E-state index in [4.69, 9.17) is 23.7 Å². The van der Waals surface area contributed by atoms with Gasteiger partial charge in [-0.3, -0.25) is 0 Å². The van der Waals surface area contributed by atoms with E-state index in [1.165, 1.54) is 25.8 Å². The zero-order valence-electron chi connectivity index (χ0n) is 27.4. The fraction of sp³-hybridized carbons (Fsp3) is 0.351. The van der Waals surface area contributed by atoms with Crippen LogP contribution in [0.4, 0.5) is 0 Å². The van der Waals surface area contributed by atoms with E-state index in [0.717, 1.165) is 65.3 Å². The number of hydrogen-bond acceptors (Lipinski definition) is 8. The first-order valence-electron chi connectivity index (χ1n) is 15.5. The average Bonchev–Trinajstić information content (AvgIpc) is 3.08. The number of fused-ring (bicyclic) bond motifs is 2. The molecule has 0 saturated carbocycles. The molecule has 2 aliphatic heterocycles. The summed E-state index contributed by atoms with van der Waals surface area (Å²) in [7, 11) is 11.1. The van der Waals surface area contributed by atoms with E-state index >= 15 is 0 Å². The Hall–Kier alpha value is -3.67. The number of methoxy groups -OCH3 is 4. The van der Waals surface area contributed by atoms with Gasteiger partial charge in [0.1, 0.15) is 0 Å². The van der Waals surface area contributed by atoms with Gasteiger partial charge in [0.05, 0.1) is 14.2 Å². The van der Waals surface area contributed by atoms with E-state index in [1.807, 2.05) is 24.3 Å². The van der Waals surface area contributed by atoms with Crippen molar-refractivity contribution in [2.24, 2.45) is 0 Å². The molecule has 0 aliphatic carbocycles. The zero-order valence-corrected chi connectivity index (χ0v) is 29.6. The molecule has 0 radical (unpaired) electrons. The van der Waals surface area contributed by atoms with Crippen LogP contribution in [0.5, 0.6) is 40.2 Å². The Morgan fingerprint density at radius 3 is 2.00 bits per heavy atom. The molecule has 0 aromatic heterocycles. The maximum absolute atomic E-state index is 10.7. The van der Waals surface area contributed by atoms with E-state index in [2.05, 4.69) is 58.5 Å². The molecule has 244 valence electrons.